The van der Waals surface area contributed by atoms with Gasteiger partial charge < -0.3 is 10.2 Å². The molecule has 0 spiro atoms. The van der Waals surface area contributed by atoms with Crippen LogP contribution in [-0.4, -0.2) is 44.3 Å². The summed E-state index contributed by atoms with van der Waals surface area (Å²) in [5.74, 6) is -1.01. The van der Waals surface area contributed by atoms with Gasteiger partial charge in [0.25, 0.3) is 10.0 Å². The number of amides is 2. The molecule has 0 saturated heterocycles. The quantitative estimate of drug-likeness (QED) is 0.264. The number of carbonyl (C=O) groups excluding carboxylic acids is 2. The summed E-state index contributed by atoms with van der Waals surface area (Å²) in [5, 5.41) is 3.80. The predicted molar refractivity (Wildman–Crippen MR) is 157 cm³/mol. The summed E-state index contributed by atoms with van der Waals surface area (Å²) in [7, 11) is -4.25. The fourth-order valence-electron chi connectivity index (χ4n) is 3.96. The van der Waals surface area contributed by atoms with E-state index in [0.717, 1.165) is 4.31 Å². The van der Waals surface area contributed by atoms with Gasteiger partial charge in [-0.1, -0.05) is 77.6 Å². The monoisotopic (exact) mass is 629 g/mol. The number of carbonyl (C=O) groups is 2. The van der Waals surface area contributed by atoms with Gasteiger partial charge in [0, 0.05) is 28.2 Å². The van der Waals surface area contributed by atoms with Gasteiger partial charge in [0.2, 0.25) is 11.8 Å². The third-order valence-corrected chi connectivity index (χ3v) is 8.78. The van der Waals surface area contributed by atoms with Crippen LogP contribution < -0.4 is 9.62 Å². The summed E-state index contributed by atoms with van der Waals surface area (Å²) < 4.78 is 28.5. The minimum atomic E-state index is -4.25. The molecule has 0 bridgehead atoms. The van der Waals surface area contributed by atoms with Crippen molar-refractivity contribution in [3.8, 4) is 0 Å². The number of rotatable bonds is 11. The van der Waals surface area contributed by atoms with Gasteiger partial charge in [0.05, 0.1) is 15.6 Å². The topological polar surface area (TPSA) is 86.8 Å². The first-order valence-corrected chi connectivity index (χ1v) is 15.0. The van der Waals surface area contributed by atoms with Crippen LogP contribution in [0.5, 0.6) is 0 Å². The smallest absolute Gasteiger partial charge is 0.264 e. The number of likely N-dealkylation sites (N-methyl/N-ethyl adjacent to an activating group) is 1. The fourth-order valence-corrected chi connectivity index (χ4v) is 6.44. The van der Waals surface area contributed by atoms with Crippen LogP contribution >= 0.6 is 46.4 Å². The highest BCUT2D eigenvalue weighted by Crippen LogP contribution is 2.33. The highest BCUT2D eigenvalue weighted by atomic mass is 35.5. The van der Waals surface area contributed by atoms with Gasteiger partial charge in [-0.15, -0.1) is 0 Å². The molecule has 0 heterocycles. The van der Waals surface area contributed by atoms with E-state index in [1.54, 1.807) is 44.2 Å². The first kappa shape index (κ1) is 31.0. The average molecular weight is 631 g/mol. The van der Waals surface area contributed by atoms with Gasteiger partial charge in [0.15, 0.2) is 0 Å². The minimum absolute atomic E-state index is 0.0353. The van der Waals surface area contributed by atoms with Gasteiger partial charge in [0.1, 0.15) is 12.6 Å². The molecule has 0 aliphatic heterocycles. The molecule has 0 unspecified atom stereocenters. The molecule has 3 aromatic rings. The third kappa shape index (κ3) is 7.58. The molecule has 0 aromatic heterocycles. The minimum Gasteiger partial charge on any atom is -0.355 e. The summed E-state index contributed by atoms with van der Waals surface area (Å²) in [4.78, 5) is 28.2. The largest absolute Gasteiger partial charge is 0.355 e. The van der Waals surface area contributed by atoms with Crippen LogP contribution in [0.2, 0.25) is 20.1 Å². The third-order valence-electron chi connectivity index (χ3n) is 5.88. The van der Waals surface area contributed by atoms with Crippen molar-refractivity contribution >= 4 is 73.9 Å². The summed E-state index contributed by atoms with van der Waals surface area (Å²) in [6.45, 7) is 3.19. The second kappa shape index (κ2) is 13.7. The van der Waals surface area contributed by atoms with Crippen molar-refractivity contribution in [2.45, 2.75) is 37.8 Å². The molecule has 0 saturated carbocycles. The standard InChI is InChI=1S/C27H27Cl4N3O4S/c1-3-24(27(36)32-4-2)33(16-18-10-11-19(28)14-22(18)30)26(35)17-34(25-13-12-20(29)15-23(25)31)39(37,38)21-8-6-5-7-9-21/h5-15,24H,3-4,16-17H2,1-2H3,(H,32,36)/t24-/m0/s1. The predicted octanol–water partition coefficient (Wildman–Crippen LogP) is 6.44. The molecule has 3 rings (SSSR count). The van der Waals surface area contributed by atoms with Gasteiger partial charge in [-0.25, -0.2) is 8.42 Å². The van der Waals surface area contributed by atoms with Crippen LogP contribution in [0.25, 0.3) is 0 Å². The van der Waals surface area contributed by atoms with Crippen LogP contribution in [0.15, 0.2) is 71.6 Å². The zero-order valence-electron chi connectivity index (χ0n) is 21.2. The number of nitrogens with zero attached hydrogens (tertiary/aromatic N) is 2. The van der Waals surface area contributed by atoms with E-state index in [-0.39, 0.29) is 34.5 Å². The van der Waals surface area contributed by atoms with E-state index in [1.807, 2.05) is 0 Å². The lowest BCUT2D eigenvalue weighted by molar-refractivity contribution is -0.140. The van der Waals surface area contributed by atoms with E-state index >= 15 is 0 Å². The maximum absolute atomic E-state index is 14.0. The van der Waals surface area contributed by atoms with E-state index in [1.165, 1.54) is 41.3 Å². The molecule has 1 N–H and O–H groups in total. The zero-order chi connectivity index (χ0) is 28.7. The van der Waals surface area contributed by atoms with Crippen LogP contribution in [0.4, 0.5) is 5.69 Å². The van der Waals surface area contributed by atoms with E-state index in [0.29, 0.717) is 27.2 Å². The SMILES string of the molecule is CCNC(=O)[C@H](CC)N(Cc1ccc(Cl)cc1Cl)C(=O)CN(c1ccc(Cl)cc1Cl)S(=O)(=O)c1ccccc1. The van der Waals surface area contributed by atoms with Crippen LogP contribution in [-0.2, 0) is 26.2 Å². The maximum Gasteiger partial charge on any atom is 0.264 e. The number of hydrogen-bond donors (Lipinski definition) is 1. The number of anilines is 1. The van der Waals surface area contributed by atoms with E-state index in [4.69, 9.17) is 46.4 Å². The van der Waals surface area contributed by atoms with Crippen molar-refractivity contribution in [2.75, 3.05) is 17.4 Å². The summed E-state index contributed by atoms with van der Waals surface area (Å²) in [5.41, 5.74) is 0.605. The lowest BCUT2D eigenvalue weighted by Crippen LogP contribution is -2.52. The number of nitrogens with one attached hydrogen (secondary N) is 1. The van der Waals surface area contributed by atoms with Crippen LogP contribution in [0.3, 0.4) is 0 Å². The van der Waals surface area contributed by atoms with E-state index in [2.05, 4.69) is 5.32 Å². The van der Waals surface area contributed by atoms with Crippen molar-refractivity contribution in [3.63, 3.8) is 0 Å². The Morgan fingerprint density at radius 1 is 0.872 bits per heavy atom. The first-order chi connectivity index (χ1) is 18.5. The first-order valence-electron chi connectivity index (χ1n) is 12.0. The Morgan fingerprint density at radius 3 is 2.05 bits per heavy atom. The molecule has 0 aliphatic rings. The molecule has 0 aliphatic carbocycles. The van der Waals surface area contributed by atoms with Crippen molar-refractivity contribution in [3.05, 3.63) is 92.4 Å². The van der Waals surface area contributed by atoms with Gasteiger partial charge in [-0.2, -0.15) is 0 Å². The van der Waals surface area contributed by atoms with Crippen molar-refractivity contribution in [2.24, 2.45) is 0 Å². The molecular weight excluding hydrogens is 604 g/mol. The van der Waals surface area contributed by atoms with Crippen molar-refractivity contribution in [1.82, 2.24) is 10.2 Å². The molecule has 39 heavy (non-hydrogen) atoms. The average Bonchev–Trinajstić information content (AvgIpc) is 2.89. The summed E-state index contributed by atoms with van der Waals surface area (Å²) in [6.07, 6.45) is 0.274. The number of benzene rings is 3. The number of sulfonamides is 1. The highest BCUT2D eigenvalue weighted by molar-refractivity contribution is 7.92. The Kier molecular flexibility index (Phi) is 10.9. The van der Waals surface area contributed by atoms with Crippen molar-refractivity contribution < 1.29 is 18.0 Å². The molecule has 12 heteroatoms. The summed E-state index contributed by atoms with van der Waals surface area (Å²) >= 11 is 24.9. The molecule has 0 radical (unpaired) electrons. The Hall–Kier alpha value is -2.49. The Balaban J connectivity index is 2.10. The second-order valence-corrected chi connectivity index (χ2v) is 12.0. The van der Waals surface area contributed by atoms with Crippen LogP contribution in [0, 0.1) is 0 Å². The number of hydrogen-bond acceptors (Lipinski definition) is 4. The Morgan fingerprint density at radius 2 is 1.49 bits per heavy atom. The lowest BCUT2D eigenvalue weighted by atomic mass is 10.1. The summed E-state index contributed by atoms with van der Waals surface area (Å²) in [6, 6.07) is 15.9. The Labute approximate surface area is 248 Å². The zero-order valence-corrected chi connectivity index (χ0v) is 25.0. The molecule has 3 aromatic carbocycles. The molecule has 7 nitrogen and oxygen atoms in total. The maximum atomic E-state index is 14.0. The molecule has 2 amide bonds. The second-order valence-electron chi connectivity index (χ2n) is 8.50. The van der Waals surface area contributed by atoms with Gasteiger partial charge in [-0.05, 0) is 61.4 Å². The van der Waals surface area contributed by atoms with E-state index in [9.17, 15) is 18.0 Å². The number of halogens is 4. The fraction of sp³-hybridized carbons (Fsp3) is 0.259. The molecule has 0 fully saturated rings. The van der Waals surface area contributed by atoms with E-state index < -0.39 is 28.5 Å². The van der Waals surface area contributed by atoms with Crippen LogP contribution in [0.1, 0.15) is 25.8 Å². The highest BCUT2D eigenvalue weighted by Gasteiger charge is 2.34. The Bertz CT molecular complexity index is 1440. The van der Waals surface area contributed by atoms with Crippen molar-refractivity contribution in [1.29, 1.82) is 0 Å². The van der Waals surface area contributed by atoms with Gasteiger partial charge in [-0.3, -0.25) is 13.9 Å². The molecule has 208 valence electrons. The normalized spacial score (nSPS) is 12.1. The van der Waals surface area contributed by atoms with Gasteiger partial charge >= 0.3 is 0 Å². The molecule has 1 atom stereocenters. The molecular formula is C27H27Cl4N3O4S. The lowest BCUT2D eigenvalue weighted by Gasteiger charge is -2.33.